The van der Waals surface area contributed by atoms with Crippen molar-refractivity contribution < 1.29 is 9.72 Å². The Morgan fingerprint density at radius 2 is 1.68 bits per heavy atom. The fraction of sp³-hybridized carbons (Fsp3) is 0. The van der Waals surface area contributed by atoms with E-state index >= 15 is 0 Å². The molecule has 0 saturated heterocycles. The largest absolute Gasteiger partial charge is 0.277 e. The number of non-ortho nitro benzene ring substituents is 1. The lowest BCUT2D eigenvalue weighted by atomic mass is 10.0. The Morgan fingerprint density at radius 1 is 1.00 bits per heavy atom. The average Bonchev–Trinajstić information content (AvgIpc) is 2.80. The van der Waals surface area contributed by atoms with Crippen molar-refractivity contribution in [3.05, 3.63) is 63.7 Å². The first-order valence-corrected chi connectivity index (χ1v) is 5.62. The highest BCUT2D eigenvalue weighted by Crippen LogP contribution is 2.26. The maximum Gasteiger partial charge on any atom is 0.277 e. The van der Waals surface area contributed by atoms with E-state index in [-0.39, 0.29) is 11.6 Å². The van der Waals surface area contributed by atoms with Gasteiger partial charge in [0.1, 0.15) is 0 Å². The van der Waals surface area contributed by atoms with E-state index in [1.54, 1.807) is 18.2 Å². The third-order valence-corrected chi connectivity index (χ3v) is 3.01. The number of nitro groups is 1. The molecule has 1 heterocycles. The first kappa shape index (κ1) is 11.3. The predicted octanol–water partition coefficient (Wildman–Crippen LogP) is 2.83. The van der Waals surface area contributed by atoms with Crippen LogP contribution < -0.4 is 0 Å². The number of carbonyl (C=O) groups is 1. The van der Waals surface area contributed by atoms with Crippen LogP contribution in [0.3, 0.4) is 0 Å². The van der Waals surface area contributed by atoms with E-state index < -0.39 is 4.92 Å². The molecule has 0 aromatic heterocycles. The first-order valence-electron chi connectivity index (χ1n) is 5.62. The van der Waals surface area contributed by atoms with Crippen molar-refractivity contribution in [1.29, 1.82) is 0 Å². The molecule has 0 aliphatic carbocycles. The van der Waals surface area contributed by atoms with Gasteiger partial charge in [-0.15, -0.1) is 0 Å². The second-order valence-corrected chi connectivity index (χ2v) is 4.17. The summed E-state index contributed by atoms with van der Waals surface area (Å²) in [5.74, 6) is -0.231. The van der Waals surface area contributed by atoms with Crippen molar-refractivity contribution in [2.75, 3.05) is 0 Å². The first-order chi connectivity index (χ1) is 9.15. The van der Waals surface area contributed by atoms with E-state index in [9.17, 15) is 14.9 Å². The second kappa shape index (κ2) is 4.13. The number of carbonyl (C=O) groups excluding carboxylic acids is 1. The van der Waals surface area contributed by atoms with Crippen molar-refractivity contribution in [1.82, 2.24) is 0 Å². The van der Waals surface area contributed by atoms with Crippen LogP contribution in [0, 0.1) is 10.1 Å². The Morgan fingerprint density at radius 3 is 2.37 bits per heavy atom. The van der Waals surface area contributed by atoms with Gasteiger partial charge in [-0.2, -0.15) is 0 Å². The molecule has 1 aliphatic heterocycles. The van der Waals surface area contributed by atoms with Gasteiger partial charge >= 0.3 is 0 Å². The quantitative estimate of drug-likeness (QED) is 0.609. The molecule has 92 valence electrons. The molecule has 0 N–H and O–H groups in total. The summed E-state index contributed by atoms with van der Waals surface area (Å²) in [5, 5.41) is 10.6. The number of nitrogens with zero attached hydrogens (tertiary/aromatic N) is 2. The zero-order valence-corrected chi connectivity index (χ0v) is 9.74. The molecular formula is C14H8N2O3. The summed E-state index contributed by atoms with van der Waals surface area (Å²) in [4.78, 5) is 25.2. The molecule has 1 amide bonds. The molecule has 19 heavy (non-hydrogen) atoms. The molecule has 0 atom stereocenters. The van der Waals surface area contributed by atoms with Gasteiger partial charge < -0.3 is 0 Å². The topological polar surface area (TPSA) is 72.6 Å². The molecule has 5 heteroatoms. The summed E-state index contributed by atoms with van der Waals surface area (Å²) >= 11 is 0. The lowest BCUT2D eigenvalue weighted by molar-refractivity contribution is -0.384. The molecular weight excluding hydrogens is 244 g/mol. The van der Waals surface area contributed by atoms with Gasteiger partial charge in [0, 0.05) is 23.9 Å². The van der Waals surface area contributed by atoms with Crippen molar-refractivity contribution in [2.24, 2.45) is 4.99 Å². The fourth-order valence-corrected chi connectivity index (χ4v) is 2.02. The van der Waals surface area contributed by atoms with Crippen LogP contribution in [0.1, 0.15) is 15.9 Å². The lowest BCUT2D eigenvalue weighted by Crippen LogP contribution is -1.92. The van der Waals surface area contributed by atoms with Crippen molar-refractivity contribution in [3.8, 4) is 11.1 Å². The highest BCUT2D eigenvalue weighted by Gasteiger charge is 2.15. The maximum absolute atomic E-state index is 11.4. The Bertz CT molecular complexity index is 718. The van der Waals surface area contributed by atoms with Crippen LogP contribution in [-0.2, 0) is 0 Å². The Balaban J connectivity index is 2.01. The molecule has 0 spiro atoms. The SMILES string of the molecule is O=C1N=Cc2cc(-c3ccc([N+](=O)[O-])cc3)ccc21. The highest BCUT2D eigenvalue weighted by molar-refractivity contribution is 6.13. The number of nitro benzene ring substituents is 1. The van der Waals surface area contributed by atoms with Gasteiger partial charge in [0.15, 0.2) is 0 Å². The summed E-state index contributed by atoms with van der Waals surface area (Å²) < 4.78 is 0. The third-order valence-electron chi connectivity index (χ3n) is 3.01. The van der Waals surface area contributed by atoms with Crippen LogP contribution in [0.4, 0.5) is 5.69 Å². The monoisotopic (exact) mass is 252 g/mol. The van der Waals surface area contributed by atoms with E-state index in [1.807, 2.05) is 12.1 Å². The van der Waals surface area contributed by atoms with E-state index in [2.05, 4.69) is 4.99 Å². The molecule has 2 aromatic carbocycles. The average molecular weight is 252 g/mol. The molecule has 0 fully saturated rings. The van der Waals surface area contributed by atoms with E-state index in [1.165, 1.54) is 18.3 Å². The second-order valence-electron chi connectivity index (χ2n) is 4.17. The number of hydrogen-bond acceptors (Lipinski definition) is 3. The summed E-state index contributed by atoms with van der Waals surface area (Å²) in [6.07, 6.45) is 1.53. The minimum Gasteiger partial charge on any atom is -0.267 e. The predicted molar refractivity (Wildman–Crippen MR) is 70.5 cm³/mol. The molecule has 3 rings (SSSR count). The van der Waals surface area contributed by atoms with Gasteiger partial charge in [0.25, 0.3) is 11.6 Å². The summed E-state index contributed by atoms with van der Waals surface area (Å²) in [5.41, 5.74) is 3.18. The molecule has 1 aliphatic rings. The van der Waals surface area contributed by atoms with E-state index in [4.69, 9.17) is 0 Å². The fourth-order valence-electron chi connectivity index (χ4n) is 2.02. The van der Waals surface area contributed by atoms with Gasteiger partial charge in [-0.1, -0.05) is 6.07 Å². The van der Waals surface area contributed by atoms with Crippen molar-refractivity contribution in [3.63, 3.8) is 0 Å². The minimum atomic E-state index is -0.433. The number of fused-ring (bicyclic) bond motifs is 1. The zero-order valence-electron chi connectivity index (χ0n) is 9.74. The number of aliphatic imine (C=N–C) groups is 1. The molecule has 0 radical (unpaired) electrons. The standard InChI is InChI=1S/C14H8N2O3/c17-14-13-6-3-10(7-11(13)8-15-14)9-1-4-12(5-2-9)16(18)19/h1-8H. The Hall–Kier alpha value is -2.82. The Kier molecular flexibility index (Phi) is 2.45. The summed E-state index contributed by atoms with van der Waals surface area (Å²) in [6, 6.07) is 11.7. The van der Waals surface area contributed by atoms with Gasteiger partial charge in [-0.25, -0.2) is 4.99 Å². The smallest absolute Gasteiger partial charge is 0.267 e. The van der Waals surface area contributed by atoms with Crippen LogP contribution >= 0.6 is 0 Å². The van der Waals surface area contributed by atoms with E-state index in [0.29, 0.717) is 5.56 Å². The van der Waals surface area contributed by atoms with Crippen molar-refractivity contribution >= 4 is 17.8 Å². The highest BCUT2D eigenvalue weighted by atomic mass is 16.6. The van der Waals surface area contributed by atoms with Gasteiger partial charge in [0.05, 0.1) is 10.5 Å². The molecule has 0 bridgehead atoms. The zero-order chi connectivity index (χ0) is 13.4. The number of rotatable bonds is 2. The van der Waals surface area contributed by atoms with Crippen LogP contribution in [-0.4, -0.2) is 17.0 Å². The maximum atomic E-state index is 11.4. The number of amides is 1. The molecule has 0 unspecified atom stereocenters. The van der Waals surface area contributed by atoms with Crippen LogP contribution in [0.2, 0.25) is 0 Å². The Labute approximate surface area is 108 Å². The third kappa shape index (κ3) is 1.91. The summed E-state index contributed by atoms with van der Waals surface area (Å²) in [7, 11) is 0. The van der Waals surface area contributed by atoms with E-state index in [0.717, 1.165) is 16.7 Å². The summed E-state index contributed by atoms with van der Waals surface area (Å²) in [6.45, 7) is 0. The van der Waals surface area contributed by atoms with Crippen LogP contribution in [0.5, 0.6) is 0 Å². The van der Waals surface area contributed by atoms with Crippen LogP contribution in [0.15, 0.2) is 47.5 Å². The normalized spacial score (nSPS) is 12.5. The number of hydrogen-bond donors (Lipinski definition) is 0. The van der Waals surface area contributed by atoms with Crippen LogP contribution in [0.25, 0.3) is 11.1 Å². The van der Waals surface area contributed by atoms with Gasteiger partial charge in [-0.3, -0.25) is 14.9 Å². The van der Waals surface area contributed by atoms with Crippen molar-refractivity contribution in [2.45, 2.75) is 0 Å². The lowest BCUT2D eigenvalue weighted by Gasteiger charge is -2.03. The number of benzene rings is 2. The molecule has 5 nitrogen and oxygen atoms in total. The van der Waals surface area contributed by atoms with Gasteiger partial charge in [-0.05, 0) is 35.4 Å². The minimum absolute atomic E-state index is 0.0571. The molecule has 0 saturated carbocycles. The van der Waals surface area contributed by atoms with Gasteiger partial charge in [0.2, 0.25) is 0 Å². The molecule has 2 aromatic rings.